The molecule has 0 rings (SSSR count). The van der Waals surface area contributed by atoms with Gasteiger partial charge in [-0.25, -0.2) is 4.79 Å². The molecule has 246 valence electrons. The lowest BCUT2D eigenvalue weighted by Gasteiger charge is -2.09. The second-order valence-corrected chi connectivity index (χ2v) is 7.84. The second kappa shape index (κ2) is 37.0. The Morgan fingerprint density at radius 3 is 0.707 bits per heavy atom. The SMILES string of the molecule is O=C(CO)OCCOCCOCCOCCOCCOCCOCCOCCOCCOCCOCCOCCO. The molecule has 15 nitrogen and oxygen atoms in total. The van der Waals surface area contributed by atoms with Crippen LogP contribution < -0.4 is 0 Å². The van der Waals surface area contributed by atoms with Crippen LogP contribution in [0.25, 0.3) is 0 Å². The van der Waals surface area contributed by atoms with Gasteiger partial charge in [0.25, 0.3) is 0 Å². The Balaban J connectivity index is 3.04. The van der Waals surface area contributed by atoms with E-state index in [1.807, 2.05) is 0 Å². The van der Waals surface area contributed by atoms with Crippen LogP contribution in [0.5, 0.6) is 0 Å². The average molecular weight is 605 g/mol. The van der Waals surface area contributed by atoms with Gasteiger partial charge in [-0.1, -0.05) is 0 Å². The molecule has 15 heteroatoms. The third-order valence-electron chi connectivity index (χ3n) is 4.58. The number of hydrogen-bond donors (Lipinski definition) is 2. The maximum absolute atomic E-state index is 10.7. The summed E-state index contributed by atoms with van der Waals surface area (Å²) in [6.07, 6.45) is 0. The van der Waals surface area contributed by atoms with E-state index in [1.54, 1.807) is 0 Å². The van der Waals surface area contributed by atoms with Gasteiger partial charge in [0.1, 0.15) is 13.2 Å². The molecule has 0 aromatic rings. The van der Waals surface area contributed by atoms with Crippen LogP contribution in [-0.4, -0.2) is 181 Å². The first-order valence-electron chi connectivity index (χ1n) is 14.0. The molecule has 0 aliphatic rings. The van der Waals surface area contributed by atoms with Crippen LogP contribution in [0.2, 0.25) is 0 Å². The number of carbonyl (C=O) groups is 1. The number of hydrogen-bond acceptors (Lipinski definition) is 15. The maximum Gasteiger partial charge on any atom is 0.331 e. The number of carbonyl (C=O) groups excluding carboxylic acids is 1. The van der Waals surface area contributed by atoms with Crippen molar-refractivity contribution in [3.05, 3.63) is 0 Å². The molecule has 0 radical (unpaired) electrons. The number of aliphatic hydroxyl groups is 2. The van der Waals surface area contributed by atoms with Gasteiger partial charge in [-0.15, -0.1) is 0 Å². The minimum Gasteiger partial charge on any atom is -0.462 e. The van der Waals surface area contributed by atoms with Crippen LogP contribution >= 0.6 is 0 Å². The van der Waals surface area contributed by atoms with E-state index in [1.165, 1.54) is 0 Å². The summed E-state index contributed by atoms with van der Waals surface area (Å²) >= 11 is 0. The molecule has 0 fully saturated rings. The normalized spacial score (nSPS) is 11.4. The van der Waals surface area contributed by atoms with Gasteiger partial charge in [-0.2, -0.15) is 0 Å². The minimum atomic E-state index is -0.669. The molecule has 0 aromatic heterocycles. The highest BCUT2D eigenvalue weighted by Gasteiger charge is 1.99. The zero-order valence-corrected chi connectivity index (χ0v) is 24.4. The van der Waals surface area contributed by atoms with E-state index < -0.39 is 12.6 Å². The Hall–Kier alpha value is -1.05. The van der Waals surface area contributed by atoms with Crippen molar-refractivity contribution in [2.24, 2.45) is 0 Å². The Bertz CT molecular complexity index is 502. The van der Waals surface area contributed by atoms with Crippen LogP contribution in [0.15, 0.2) is 0 Å². The first kappa shape index (κ1) is 40.0. The van der Waals surface area contributed by atoms with E-state index in [0.717, 1.165) is 0 Å². The van der Waals surface area contributed by atoms with Gasteiger partial charge in [-0.3, -0.25) is 0 Å². The molecule has 0 saturated carbocycles. The molecule has 0 amide bonds. The van der Waals surface area contributed by atoms with Gasteiger partial charge >= 0.3 is 5.97 Å². The van der Waals surface area contributed by atoms with Gasteiger partial charge in [0.15, 0.2) is 0 Å². The fraction of sp³-hybridized carbons (Fsp3) is 0.962. The lowest BCUT2D eigenvalue weighted by atomic mass is 10.6. The minimum absolute atomic E-state index is 0.0203. The third-order valence-corrected chi connectivity index (χ3v) is 4.58. The lowest BCUT2D eigenvalue weighted by molar-refractivity contribution is -0.148. The average Bonchev–Trinajstić information content (AvgIpc) is 2.99. The van der Waals surface area contributed by atoms with Crippen LogP contribution in [0, 0.1) is 0 Å². The van der Waals surface area contributed by atoms with Crippen LogP contribution in [0.3, 0.4) is 0 Å². The fourth-order valence-electron chi connectivity index (χ4n) is 2.63. The predicted molar refractivity (Wildman–Crippen MR) is 144 cm³/mol. The van der Waals surface area contributed by atoms with Gasteiger partial charge in [0.05, 0.1) is 152 Å². The van der Waals surface area contributed by atoms with Crippen molar-refractivity contribution in [2.45, 2.75) is 0 Å². The summed E-state index contributed by atoms with van der Waals surface area (Å²) in [5.74, 6) is -0.669. The predicted octanol–water partition coefficient (Wildman–Crippen LogP) is -1.30. The first-order chi connectivity index (χ1) is 20.3. The monoisotopic (exact) mass is 604 g/mol. The van der Waals surface area contributed by atoms with E-state index >= 15 is 0 Å². The highest BCUT2D eigenvalue weighted by atomic mass is 16.6. The summed E-state index contributed by atoms with van der Waals surface area (Å²) in [5, 5.41) is 17.0. The molecule has 0 unspecified atom stereocenters. The van der Waals surface area contributed by atoms with Crippen molar-refractivity contribution >= 4 is 5.97 Å². The van der Waals surface area contributed by atoms with Crippen molar-refractivity contribution in [1.29, 1.82) is 0 Å². The highest BCUT2D eigenvalue weighted by Crippen LogP contribution is 1.87. The van der Waals surface area contributed by atoms with Crippen molar-refractivity contribution in [2.75, 3.05) is 165 Å². The largest absolute Gasteiger partial charge is 0.462 e. The number of ether oxygens (including phenoxy) is 12. The van der Waals surface area contributed by atoms with Gasteiger partial charge in [0, 0.05) is 0 Å². The van der Waals surface area contributed by atoms with E-state index in [9.17, 15) is 4.79 Å². The first-order valence-corrected chi connectivity index (χ1v) is 14.0. The third kappa shape index (κ3) is 36.9. The molecule has 0 aliphatic carbocycles. The zero-order chi connectivity index (χ0) is 29.7. The smallest absolute Gasteiger partial charge is 0.331 e. The number of esters is 1. The van der Waals surface area contributed by atoms with E-state index in [-0.39, 0.29) is 19.8 Å². The van der Waals surface area contributed by atoms with Crippen molar-refractivity contribution in [3.8, 4) is 0 Å². The molecule has 41 heavy (non-hydrogen) atoms. The van der Waals surface area contributed by atoms with E-state index in [0.29, 0.717) is 139 Å². The van der Waals surface area contributed by atoms with Crippen molar-refractivity contribution in [3.63, 3.8) is 0 Å². The van der Waals surface area contributed by atoms with E-state index in [4.69, 9.17) is 62.3 Å². The zero-order valence-electron chi connectivity index (χ0n) is 24.4. The molecule has 2 N–H and O–H groups in total. The van der Waals surface area contributed by atoms with Crippen molar-refractivity contribution < 1.29 is 71.8 Å². The van der Waals surface area contributed by atoms with Crippen LogP contribution in [0.4, 0.5) is 0 Å². The molecular weight excluding hydrogens is 552 g/mol. The number of rotatable bonds is 36. The van der Waals surface area contributed by atoms with Gasteiger partial charge in [-0.05, 0) is 0 Å². The summed E-state index contributed by atoms with van der Waals surface area (Å²) in [6.45, 7) is 9.58. The maximum atomic E-state index is 10.7. The standard InChI is InChI=1S/C26H52O15/c27-1-2-30-3-4-31-5-6-32-7-8-33-9-10-34-11-12-35-13-14-36-15-16-37-17-18-38-19-20-39-21-22-40-23-24-41-26(29)25-28/h27-28H,1-25H2. The Morgan fingerprint density at radius 1 is 0.317 bits per heavy atom. The summed E-state index contributed by atoms with van der Waals surface area (Å²) in [5.41, 5.74) is 0. The molecule has 0 aliphatic heterocycles. The Kier molecular flexibility index (Phi) is 36.0. The summed E-state index contributed by atoms with van der Waals surface area (Å²) < 4.78 is 63.5. The van der Waals surface area contributed by atoms with Crippen molar-refractivity contribution in [1.82, 2.24) is 0 Å². The molecule has 0 aromatic carbocycles. The fourth-order valence-corrected chi connectivity index (χ4v) is 2.63. The Labute approximate surface area is 243 Å². The summed E-state index contributed by atoms with van der Waals surface area (Å²) in [6, 6.07) is 0. The molecular formula is C26H52O15. The lowest BCUT2D eigenvalue weighted by Crippen LogP contribution is -2.16. The molecule has 0 saturated heterocycles. The van der Waals surface area contributed by atoms with Crippen LogP contribution in [0.1, 0.15) is 0 Å². The summed E-state index contributed by atoms with van der Waals surface area (Å²) in [7, 11) is 0. The quantitative estimate of drug-likeness (QED) is 0.0639. The van der Waals surface area contributed by atoms with Gasteiger partial charge in [0.2, 0.25) is 0 Å². The van der Waals surface area contributed by atoms with Gasteiger partial charge < -0.3 is 67.1 Å². The molecule has 0 bridgehead atoms. The summed E-state index contributed by atoms with van der Waals surface area (Å²) in [4.78, 5) is 10.7. The highest BCUT2D eigenvalue weighted by molar-refractivity contribution is 5.70. The molecule has 0 spiro atoms. The molecule has 0 heterocycles. The Morgan fingerprint density at radius 2 is 0.512 bits per heavy atom. The van der Waals surface area contributed by atoms with E-state index in [2.05, 4.69) is 4.74 Å². The molecule has 0 atom stereocenters. The topological polar surface area (TPSA) is 168 Å². The second-order valence-electron chi connectivity index (χ2n) is 7.84. The number of aliphatic hydroxyl groups excluding tert-OH is 2. The van der Waals surface area contributed by atoms with Crippen LogP contribution in [-0.2, 0) is 61.6 Å².